The molecule has 0 unspecified atom stereocenters. The van der Waals surface area contributed by atoms with Gasteiger partial charge in [0, 0.05) is 0 Å². The molecule has 0 radical (unpaired) electrons. The average molecular weight is 502 g/mol. The van der Waals surface area contributed by atoms with Crippen LogP contribution in [0.2, 0.25) is 0 Å². The minimum atomic E-state index is -1.42. The molecule has 0 spiro atoms. The van der Waals surface area contributed by atoms with Crippen molar-refractivity contribution in [1.29, 1.82) is 0 Å². The van der Waals surface area contributed by atoms with Crippen LogP contribution in [0.15, 0.2) is 0 Å². The first-order valence-electron chi connectivity index (χ1n) is 7.01. The summed E-state index contributed by atoms with van der Waals surface area (Å²) in [4.78, 5) is 22.3. The van der Waals surface area contributed by atoms with Gasteiger partial charge in [-0.2, -0.15) is 6.54 Å². The van der Waals surface area contributed by atoms with E-state index in [1.807, 2.05) is 0 Å². The van der Waals surface area contributed by atoms with Crippen LogP contribution in [0.5, 0.6) is 0 Å². The first kappa shape index (κ1) is 33.2. The predicted octanol–water partition coefficient (Wildman–Crippen LogP) is 3.57. The molecule has 22 heavy (non-hydrogen) atoms. The zero-order valence-corrected chi connectivity index (χ0v) is 15.8. The van der Waals surface area contributed by atoms with Gasteiger partial charge in [0.05, 0.1) is 0 Å². The maximum atomic E-state index is 10.5. The molecule has 0 amide bonds. The van der Waals surface area contributed by atoms with Crippen LogP contribution in [0, 0.1) is 6.92 Å². The first-order valence-corrected chi connectivity index (χ1v) is 7.01. The third kappa shape index (κ3) is 21.8. The summed E-state index contributed by atoms with van der Waals surface area (Å²) in [7, 11) is 0. The zero-order valence-electron chi connectivity index (χ0n) is 13.5. The SMILES string of the molecule is C.CCCC.CCN(CC)C(C(=O)O)C(=O)O.[CH2-]CC[NH-].[Pt+2]. The fraction of sp³-hybridized carbons (Fsp3) is 0.800. The van der Waals surface area contributed by atoms with Gasteiger partial charge in [0.25, 0.3) is 0 Å². The van der Waals surface area contributed by atoms with Crippen LogP contribution >= 0.6 is 0 Å². The second-order valence-electron chi connectivity index (χ2n) is 3.90. The van der Waals surface area contributed by atoms with Gasteiger partial charge in [0.15, 0.2) is 0 Å². The molecule has 0 saturated carbocycles. The van der Waals surface area contributed by atoms with Crippen molar-refractivity contribution < 1.29 is 40.9 Å². The van der Waals surface area contributed by atoms with Gasteiger partial charge in [-0.3, -0.25) is 4.90 Å². The molecule has 0 atom stereocenters. The number of likely N-dealkylation sites (N-methyl/N-ethyl adjacent to an activating group) is 1. The first-order chi connectivity index (χ1) is 9.37. The molecule has 7 heteroatoms. The van der Waals surface area contributed by atoms with Crippen molar-refractivity contribution in [1.82, 2.24) is 4.90 Å². The molecule has 138 valence electrons. The zero-order chi connectivity index (χ0) is 16.6. The molecule has 3 N–H and O–H groups in total. The van der Waals surface area contributed by atoms with Crippen molar-refractivity contribution >= 4 is 11.9 Å². The van der Waals surface area contributed by atoms with Crippen molar-refractivity contribution in [2.75, 3.05) is 19.6 Å². The Balaban J connectivity index is -0.0000000812. The quantitative estimate of drug-likeness (QED) is 0.410. The van der Waals surface area contributed by atoms with E-state index >= 15 is 0 Å². The number of nitrogens with zero attached hydrogens (tertiary/aromatic N) is 1. The number of carbonyl (C=O) groups is 2. The summed E-state index contributed by atoms with van der Waals surface area (Å²) in [5.41, 5.74) is 6.39. The van der Waals surface area contributed by atoms with Crippen molar-refractivity contribution in [3.63, 3.8) is 0 Å². The molecule has 0 fully saturated rings. The van der Waals surface area contributed by atoms with Crippen LogP contribution in [0.1, 0.15) is 54.4 Å². The molecular weight excluding hydrogens is 467 g/mol. The van der Waals surface area contributed by atoms with Gasteiger partial charge in [-0.25, -0.2) is 16.0 Å². The summed E-state index contributed by atoms with van der Waals surface area (Å²) in [5, 5.41) is 17.1. The molecule has 0 saturated heterocycles. The molecule has 0 bridgehead atoms. The van der Waals surface area contributed by atoms with E-state index in [2.05, 4.69) is 20.8 Å². The largest absolute Gasteiger partial charge is 2.00 e. The van der Waals surface area contributed by atoms with E-state index in [1.54, 1.807) is 13.8 Å². The minimum absolute atomic E-state index is 0. The second-order valence-corrected chi connectivity index (χ2v) is 3.90. The molecule has 0 aliphatic carbocycles. The molecule has 0 heterocycles. The molecule has 0 rings (SSSR count). The monoisotopic (exact) mass is 501 g/mol. The minimum Gasteiger partial charge on any atom is -0.679 e. The van der Waals surface area contributed by atoms with E-state index < -0.39 is 18.0 Å². The molecule has 0 aromatic rings. The van der Waals surface area contributed by atoms with Gasteiger partial charge in [-0.1, -0.05) is 48.0 Å². The number of carboxylic acid groups (broad SMARTS) is 2. The topological polar surface area (TPSA) is 102 Å². The Kier molecular flexibility index (Phi) is 38.5. The van der Waals surface area contributed by atoms with Gasteiger partial charge in [-0.15, -0.1) is 0 Å². The number of nitrogens with one attached hydrogen (secondary N) is 1. The number of aliphatic carboxylic acids is 2. The predicted molar refractivity (Wildman–Crippen MR) is 88.5 cm³/mol. The number of unbranched alkanes of at least 4 members (excludes halogenated alkanes) is 1. The Bertz CT molecular complexity index is 216. The summed E-state index contributed by atoms with van der Waals surface area (Å²) in [6.45, 7) is 12.5. The Morgan fingerprint density at radius 3 is 1.36 bits per heavy atom. The summed E-state index contributed by atoms with van der Waals surface area (Å²) in [6, 6.07) is -1.42. The Morgan fingerprint density at radius 2 is 1.32 bits per heavy atom. The summed E-state index contributed by atoms with van der Waals surface area (Å²) in [5.74, 6) is -2.63. The molecule has 6 nitrogen and oxygen atoms in total. The maximum Gasteiger partial charge on any atom is 2.00 e. The van der Waals surface area contributed by atoms with E-state index in [-0.39, 0.29) is 28.5 Å². The number of rotatable bonds is 7. The van der Waals surface area contributed by atoms with Gasteiger partial charge >= 0.3 is 33.0 Å². The van der Waals surface area contributed by atoms with Crippen molar-refractivity contribution in [3.05, 3.63) is 12.7 Å². The second kappa shape index (κ2) is 25.5. The third-order valence-electron chi connectivity index (χ3n) is 2.32. The number of hydrogen-bond donors (Lipinski definition) is 2. The van der Waals surface area contributed by atoms with E-state index in [4.69, 9.17) is 15.9 Å². The van der Waals surface area contributed by atoms with E-state index in [0.717, 1.165) is 6.42 Å². The van der Waals surface area contributed by atoms with Gasteiger partial charge in [0.1, 0.15) is 0 Å². The van der Waals surface area contributed by atoms with Gasteiger partial charge in [-0.05, 0) is 13.1 Å². The van der Waals surface area contributed by atoms with Crippen LogP contribution in [-0.2, 0) is 30.7 Å². The van der Waals surface area contributed by atoms with Gasteiger partial charge < -0.3 is 22.9 Å². The van der Waals surface area contributed by atoms with E-state index in [9.17, 15) is 9.59 Å². The van der Waals surface area contributed by atoms with E-state index in [1.165, 1.54) is 17.7 Å². The molecule has 0 aromatic carbocycles. The molecule has 0 aliphatic heterocycles. The molecular formula is C15H34N2O4Pt. The Labute approximate surface area is 150 Å². The third-order valence-corrected chi connectivity index (χ3v) is 2.32. The fourth-order valence-corrected chi connectivity index (χ4v) is 1.01. The Hall–Kier alpha value is -0.452. The number of carboxylic acids is 2. The van der Waals surface area contributed by atoms with Crippen molar-refractivity contribution in [2.45, 2.75) is 60.4 Å². The average Bonchev–Trinajstić information content (AvgIpc) is 2.44. The van der Waals surface area contributed by atoms with E-state index in [0.29, 0.717) is 19.6 Å². The molecule has 0 aromatic heterocycles. The Morgan fingerprint density at radius 1 is 1.05 bits per heavy atom. The van der Waals surface area contributed by atoms with Crippen LogP contribution in [-0.4, -0.2) is 52.7 Å². The summed E-state index contributed by atoms with van der Waals surface area (Å²) < 4.78 is 0. The summed E-state index contributed by atoms with van der Waals surface area (Å²) >= 11 is 0. The number of hydrogen-bond acceptors (Lipinski definition) is 3. The normalized spacial score (nSPS) is 8.55. The summed E-state index contributed by atoms with van der Waals surface area (Å²) in [6.07, 6.45) is 3.38. The smallest absolute Gasteiger partial charge is 0.679 e. The van der Waals surface area contributed by atoms with Crippen molar-refractivity contribution in [3.8, 4) is 0 Å². The van der Waals surface area contributed by atoms with Crippen LogP contribution in [0.25, 0.3) is 5.73 Å². The molecule has 0 aliphatic rings. The standard InChI is InChI=1S/C7H13NO4.C4H10.C3H7N.CH4.Pt/c1-3-8(4-2)5(6(9)10)7(11)12;1-3-4-2;1-2-3-4;;/h5H,3-4H2,1-2H3,(H,9,10)(H,11,12);3-4H2,1-2H3;4H,1-3H2;1H4;/q;;-2;;+2. The van der Waals surface area contributed by atoms with Crippen molar-refractivity contribution in [2.24, 2.45) is 0 Å². The van der Waals surface area contributed by atoms with Crippen LogP contribution in [0.4, 0.5) is 0 Å². The fourth-order valence-electron chi connectivity index (χ4n) is 1.01. The van der Waals surface area contributed by atoms with Gasteiger partial charge in [0.2, 0.25) is 6.04 Å². The van der Waals surface area contributed by atoms with Crippen LogP contribution in [0.3, 0.4) is 0 Å². The van der Waals surface area contributed by atoms with Crippen LogP contribution < -0.4 is 0 Å². The maximum absolute atomic E-state index is 10.5.